The van der Waals surface area contributed by atoms with E-state index >= 15 is 0 Å². The zero-order valence-corrected chi connectivity index (χ0v) is 22.2. The van der Waals surface area contributed by atoms with Crippen LogP contribution in [0.15, 0.2) is 0 Å². The summed E-state index contributed by atoms with van der Waals surface area (Å²) in [5.74, 6) is -6.88. The number of thiol groups is 1. The van der Waals surface area contributed by atoms with E-state index < -0.39 is 78.6 Å². The first-order valence-corrected chi connectivity index (χ1v) is 12.7. The average molecular weight is 560 g/mol. The lowest BCUT2D eigenvalue weighted by Gasteiger charge is -2.30. The highest BCUT2D eigenvalue weighted by atomic mass is 32.1. The van der Waals surface area contributed by atoms with E-state index in [1.807, 2.05) is 19.2 Å². The number of primary amides is 2. The summed E-state index contributed by atoms with van der Waals surface area (Å²) in [6.07, 6.45) is 0.160. The molecule has 0 aromatic heterocycles. The Labute approximate surface area is 225 Å². The Bertz CT molecular complexity index is 933. The molecule has 0 spiro atoms. The molecule has 15 nitrogen and oxygen atoms in total. The van der Waals surface area contributed by atoms with Gasteiger partial charge in [0.15, 0.2) is 0 Å². The normalized spacial score (nSPS) is 18.8. The lowest BCUT2D eigenvalue weighted by atomic mass is 9.98. The molecule has 0 saturated carbocycles. The zero-order valence-electron chi connectivity index (χ0n) is 21.3. The number of nitrogens with zero attached hydrogens (tertiary/aromatic N) is 1. The smallest absolute Gasteiger partial charge is 0.326 e. The highest BCUT2D eigenvalue weighted by molar-refractivity contribution is 7.80. The summed E-state index contributed by atoms with van der Waals surface area (Å²) in [6, 6.07) is -6.25. The number of rotatable bonds is 15. The maximum Gasteiger partial charge on any atom is 0.326 e. The quantitative estimate of drug-likeness (QED) is 0.0927. The number of nitrogens with one attached hydrogen (secondary N) is 3. The number of carbonyl (C=O) groups excluding carboxylic acids is 6. The summed E-state index contributed by atoms with van der Waals surface area (Å²) < 4.78 is 0. The molecule has 10 N–H and O–H groups in total. The number of likely N-dealkylation sites (tertiary alicyclic amines) is 1. The van der Waals surface area contributed by atoms with Crippen LogP contribution in [0.1, 0.15) is 46.0 Å². The number of amides is 6. The third kappa shape index (κ3) is 9.48. The second-order valence-electron chi connectivity index (χ2n) is 9.15. The summed E-state index contributed by atoms with van der Waals surface area (Å²) in [5, 5.41) is 15.9. The van der Waals surface area contributed by atoms with Crippen LogP contribution < -0.4 is 33.2 Å². The fourth-order valence-electron chi connectivity index (χ4n) is 3.81. The third-order valence-corrected chi connectivity index (χ3v) is 6.62. The molecule has 1 fully saturated rings. The topological polar surface area (TPSA) is 257 Å². The van der Waals surface area contributed by atoms with Crippen molar-refractivity contribution in [3.05, 3.63) is 0 Å². The lowest BCUT2D eigenvalue weighted by Crippen LogP contribution is -2.59. The van der Waals surface area contributed by atoms with E-state index in [1.54, 1.807) is 0 Å². The van der Waals surface area contributed by atoms with Crippen LogP contribution in [0.2, 0.25) is 0 Å². The van der Waals surface area contributed by atoms with Gasteiger partial charge in [-0.2, -0.15) is 12.6 Å². The molecule has 0 bridgehead atoms. The van der Waals surface area contributed by atoms with Crippen molar-refractivity contribution in [1.29, 1.82) is 0 Å². The Morgan fingerprint density at radius 1 is 0.947 bits per heavy atom. The monoisotopic (exact) mass is 559 g/mol. The lowest BCUT2D eigenvalue weighted by molar-refractivity contribution is -0.144. The van der Waals surface area contributed by atoms with Crippen molar-refractivity contribution in [2.45, 2.75) is 76.2 Å². The SMILES string of the molecule is CC[C@H](C)[C@H](N)C(=O)N1CCC[C@H]1C(=O)N[C@@H](CS)C(=O)N[C@@H](CC(N)=O)C(=O)N[C@@H](CC(N)=O)C(=O)O. The first kappa shape index (κ1) is 32.6. The van der Waals surface area contributed by atoms with Crippen LogP contribution in [0.4, 0.5) is 0 Å². The van der Waals surface area contributed by atoms with Gasteiger partial charge in [0.2, 0.25) is 35.4 Å². The van der Waals surface area contributed by atoms with Gasteiger partial charge in [-0.15, -0.1) is 0 Å². The van der Waals surface area contributed by atoms with E-state index in [0.717, 1.165) is 0 Å². The summed E-state index contributed by atoms with van der Waals surface area (Å²) in [5.41, 5.74) is 16.2. The van der Waals surface area contributed by atoms with Crippen molar-refractivity contribution >= 4 is 54.0 Å². The predicted molar refractivity (Wildman–Crippen MR) is 137 cm³/mol. The molecule has 1 saturated heterocycles. The van der Waals surface area contributed by atoms with Gasteiger partial charge in [-0.3, -0.25) is 28.8 Å². The molecule has 1 heterocycles. The van der Waals surface area contributed by atoms with Gasteiger partial charge in [-0.25, -0.2) is 4.79 Å². The minimum atomic E-state index is -1.71. The second kappa shape index (κ2) is 15.1. The minimum Gasteiger partial charge on any atom is -0.480 e. The van der Waals surface area contributed by atoms with Gasteiger partial charge in [0.25, 0.3) is 0 Å². The number of carbonyl (C=O) groups is 7. The number of nitrogens with two attached hydrogens (primary N) is 3. The van der Waals surface area contributed by atoms with Gasteiger partial charge in [0, 0.05) is 12.3 Å². The van der Waals surface area contributed by atoms with Gasteiger partial charge in [-0.05, 0) is 18.8 Å². The zero-order chi connectivity index (χ0) is 29.2. The standard InChI is InChI=1S/C22H37N7O8S/c1-3-10(2)17(25)21(35)29-6-4-5-14(29)20(34)28-13(9-38)19(33)26-11(7-15(23)30)18(32)27-12(22(36)37)8-16(24)31/h10-14,17,38H,3-9,25H2,1-2H3,(H2,23,30)(H2,24,31)(H,26,33)(H,27,32)(H,28,34)(H,36,37)/t10-,11-,12-,13-,14-,17-/m0/s1. The Morgan fingerprint density at radius 3 is 1.97 bits per heavy atom. The van der Waals surface area contributed by atoms with E-state index in [1.165, 1.54) is 4.90 Å². The molecular weight excluding hydrogens is 522 g/mol. The fourth-order valence-corrected chi connectivity index (χ4v) is 4.07. The number of carboxylic acids is 1. The molecule has 0 aromatic rings. The van der Waals surface area contributed by atoms with Crippen molar-refractivity contribution in [2.75, 3.05) is 12.3 Å². The summed E-state index contributed by atoms with van der Waals surface area (Å²) in [7, 11) is 0. The average Bonchev–Trinajstić information content (AvgIpc) is 3.34. The van der Waals surface area contributed by atoms with Crippen molar-refractivity contribution in [3.63, 3.8) is 0 Å². The molecule has 16 heteroatoms. The van der Waals surface area contributed by atoms with Crippen LogP contribution in [0.25, 0.3) is 0 Å². The Morgan fingerprint density at radius 2 is 1.47 bits per heavy atom. The fraction of sp³-hybridized carbons (Fsp3) is 0.682. The van der Waals surface area contributed by atoms with Crippen molar-refractivity contribution in [2.24, 2.45) is 23.1 Å². The van der Waals surface area contributed by atoms with Gasteiger partial charge >= 0.3 is 5.97 Å². The molecule has 0 aliphatic carbocycles. The molecule has 0 unspecified atom stereocenters. The molecule has 0 radical (unpaired) electrons. The van der Waals surface area contributed by atoms with E-state index in [9.17, 15) is 38.7 Å². The van der Waals surface area contributed by atoms with E-state index in [4.69, 9.17) is 17.2 Å². The van der Waals surface area contributed by atoms with Crippen molar-refractivity contribution < 1.29 is 38.7 Å². The Balaban J connectivity index is 2.95. The second-order valence-corrected chi connectivity index (χ2v) is 9.51. The molecule has 1 aliphatic heterocycles. The molecule has 6 amide bonds. The van der Waals surface area contributed by atoms with Crippen LogP contribution in [-0.2, 0) is 33.6 Å². The Hall–Kier alpha value is -3.40. The molecule has 1 rings (SSSR count). The van der Waals surface area contributed by atoms with E-state index in [-0.39, 0.29) is 17.6 Å². The van der Waals surface area contributed by atoms with Crippen LogP contribution in [-0.4, -0.2) is 93.9 Å². The number of hydrogen-bond acceptors (Lipinski definition) is 9. The minimum absolute atomic E-state index is 0.0974. The largest absolute Gasteiger partial charge is 0.480 e. The van der Waals surface area contributed by atoms with Gasteiger partial charge in [-0.1, -0.05) is 20.3 Å². The first-order valence-electron chi connectivity index (χ1n) is 12.1. The van der Waals surface area contributed by atoms with Crippen LogP contribution in [0.3, 0.4) is 0 Å². The maximum absolute atomic E-state index is 13.0. The highest BCUT2D eigenvalue weighted by Gasteiger charge is 2.39. The van der Waals surface area contributed by atoms with Crippen molar-refractivity contribution in [3.8, 4) is 0 Å². The Kier molecular flexibility index (Phi) is 13.0. The van der Waals surface area contributed by atoms with E-state index in [0.29, 0.717) is 25.8 Å². The van der Waals surface area contributed by atoms with Crippen LogP contribution in [0.5, 0.6) is 0 Å². The van der Waals surface area contributed by atoms with Crippen LogP contribution >= 0.6 is 12.6 Å². The van der Waals surface area contributed by atoms with Gasteiger partial charge in [0.05, 0.1) is 18.9 Å². The predicted octanol–water partition coefficient (Wildman–Crippen LogP) is -3.43. The van der Waals surface area contributed by atoms with Crippen LogP contribution in [0, 0.1) is 5.92 Å². The summed E-state index contributed by atoms with van der Waals surface area (Å²) in [4.78, 5) is 86.6. The molecular formula is C22H37N7O8S. The third-order valence-electron chi connectivity index (χ3n) is 6.25. The number of aliphatic carboxylic acids is 1. The molecule has 0 aromatic carbocycles. The van der Waals surface area contributed by atoms with Gasteiger partial charge in [0.1, 0.15) is 24.2 Å². The summed E-state index contributed by atoms with van der Waals surface area (Å²) >= 11 is 4.07. The van der Waals surface area contributed by atoms with E-state index in [2.05, 4.69) is 23.3 Å². The molecule has 6 atom stereocenters. The maximum atomic E-state index is 13.0. The van der Waals surface area contributed by atoms with Crippen molar-refractivity contribution in [1.82, 2.24) is 20.9 Å². The molecule has 1 aliphatic rings. The molecule has 214 valence electrons. The highest BCUT2D eigenvalue weighted by Crippen LogP contribution is 2.20. The summed E-state index contributed by atoms with van der Waals surface area (Å²) in [6.45, 7) is 4.06. The van der Waals surface area contributed by atoms with Gasteiger partial charge < -0.3 is 43.2 Å². The molecule has 38 heavy (non-hydrogen) atoms. The first-order chi connectivity index (χ1) is 17.7. The number of carboxylic acid groups (broad SMARTS) is 1. The number of hydrogen-bond donors (Lipinski definition) is 8.